The van der Waals surface area contributed by atoms with Gasteiger partial charge in [0.05, 0.1) is 11.7 Å². The average molecular weight is 296 g/mol. The number of amides is 2. The lowest BCUT2D eigenvalue weighted by Gasteiger charge is -2.39. The van der Waals surface area contributed by atoms with Gasteiger partial charge < -0.3 is 15.0 Å². The van der Waals surface area contributed by atoms with Gasteiger partial charge in [-0.3, -0.25) is 4.90 Å². The Morgan fingerprint density at radius 2 is 2.15 bits per heavy atom. The summed E-state index contributed by atoms with van der Waals surface area (Å²) in [6.07, 6.45) is 0. The lowest BCUT2D eigenvalue weighted by molar-refractivity contribution is 0.186. The predicted octanol–water partition coefficient (Wildman–Crippen LogP) is 1.95. The van der Waals surface area contributed by atoms with Gasteiger partial charge in [-0.15, -0.1) is 0 Å². The lowest BCUT2D eigenvalue weighted by atomic mass is 10.2. The van der Waals surface area contributed by atoms with Gasteiger partial charge in [0.15, 0.2) is 0 Å². The molecule has 0 spiro atoms. The Balaban J connectivity index is 1.90. The van der Waals surface area contributed by atoms with E-state index in [9.17, 15) is 4.79 Å². The standard InChI is InChI=1S/C14H18ClN3O2/c1-10-9-20-13-8-11(15)2-3-12(13)18(10)14(19)17-6-4-16-5-7-17/h2-3,8,10,16H,4-7,9H2,1H3. The van der Waals surface area contributed by atoms with Crippen molar-refractivity contribution in [3.63, 3.8) is 0 Å². The molecule has 1 unspecified atom stereocenters. The summed E-state index contributed by atoms with van der Waals surface area (Å²) < 4.78 is 5.68. The highest BCUT2D eigenvalue weighted by atomic mass is 35.5. The maximum atomic E-state index is 12.7. The van der Waals surface area contributed by atoms with Crippen LogP contribution in [0.1, 0.15) is 6.92 Å². The number of piperazine rings is 1. The number of hydrogen-bond acceptors (Lipinski definition) is 3. The predicted molar refractivity (Wildman–Crippen MR) is 78.7 cm³/mol. The summed E-state index contributed by atoms with van der Waals surface area (Å²) in [7, 11) is 0. The molecule has 1 saturated heterocycles. The zero-order chi connectivity index (χ0) is 14.1. The number of nitrogens with zero attached hydrogens (tertiary/aromatic N) is 2. The molecule has 0 radical (unpaired) electrons. The van der Waals surface area contributed by atoms with Gasteiger partial charge in [-0.05, 0) is 19.1 Å². The topological polar surface area (TPSA) is 44.8 Å². The van der Waals surface area contributed by atoms with Crippen molar-refractivity contribution in [3.8, 4) is 5.75 Å². The normalized spacial score (nSPS) is 22.2. The average Bonchev–Trinajstić information content (AvgIpc) is 2.48. The van der Waals surface area contributed by atoms with Crippen molar-refractivity contribution in [1.29, 1.82) is 0 Å². The van der Waals surface area contributed by atoms with Gasteiger partial charge in [0.2, 0.25) is 0 Å². The zero-order valence-corrected chi connectivity index (χ0v) is 12.2. The molecule has 1 fully saturated rings. The molecular weight excluding hydrogens is 278 g/mol. The number of ether oxygens (including phenoxy) is 1. The minimum Gasteiger partial charge on any atom is -0.489 e. The van der Waals surface area contributed by atoms with Crippen LogP contribution in [0, 0.1) is 0 Å². The van der Waals surface area contributed by atoms with Crippen LogP contribution in [0.5, 0.6) is 5.75 Å². The Hall–Kier alpha value is -1.46. The molecule has 1 atom stereocenters. The van der Waals surface area contributed by atoms with Crippen LogP contribution in [0.3, 0.4) is 0 Å². The second-order valence-electron chi connectivity index (χ2n) is 5.16. The van der Waals surface area contributed by atoms with Crippen molar-refractivity contribution < 1.29 is 9.53 Å². The first-order chi connectivity index (χ1) is 9.66. The van der Waals surface area contributed by atoms with E-state index in [4.69, 9.17) is 16.3 Å². The number of rotatable bonds is 0. The van der Waals surface area contributed by atoms with E-state index in [-0.39, 0.29) is 12.1 Å². The fourth-order valence-corrected chi connectivity index (χ4v) is 2.79. The van der Waals surface area contributed by atoms with Gasteiger partial charge in [-0.1, -0.05) is 11.6 Å². The Morgan fingerprint density at radius 1 is 1.40 bits per heavy atom. The van der Waals surface area contributed by atoms with E-state index in [2.05, 4.69) is 5.32 Å². The van der Waals surface area contributed by atoms with Crippen molar-refractivity contribution in [2.75, 3.05) is 37.7 Å². The maximum absolute atomic E-state index is 12.7. The Bertz CT molecular complexity index is 517. The molecule has 1 aromatic rings. The van der Waals surface area contributed by atoms with E-state index in [1.54, 1.807) is 12.1 Å². The van der Waals surface area contributed by atoms with Crippen molar-refractivity contribution >= 4 is 23.3 Å². The quantitative estimate of drug-likeness (QED) is 0.796. The summed E-state index contributed by atoms with van der Waals surface area (Å²) in [5.41, 5.74) is 0.802. The molecule has 1 aromatic carbocycles. The van der Waals surface area contributed by atoms with Crippen LogP contribution in [-0.4, -0.2) is 49.8 Å². The molecule has 0 aliphatic carbocycles. The largest absolute Gasteiger partial charge is 0.489 e. The molecule has 0 bridgehead atoms. The van der Waals surface area contributed by atoms with E-state index in [0.29, 0.717) is 17.4 Å². The van der Waals surface area contributed by atoms with Crippen molar-refractivity contribution in [3.05, 3.63) is 23.2 Å². The number of nitrogens with one attached hydrogen (secondary N) is 1. The number of benzene rings is 1. The van der Waals surface area contributed by atoms with Crippen LogP contribution in [0.25, 0.3) is 0 Å². The summed E-state index contributed by atoms with van der Waals surface area (Å²) in [4.78, 5) is 16.5. The summed E-state index contributed by atoms with van der Waals surface area (Å²) in [5.74, 6) is 0.680. The first-order valence-corrected chi connectivity index (χ1v) is 7.26. The van der Waals surface area contributed by atoms with Crippen molar-refractivity contribution in [2.45, 2.75) is 13.0 Å². The lowest BCUT2D eigenvalue weighted by Crippen LogP contribution is -2.55. The van der Waals surface area contributed by atoms with Crippen LogP contribution < -0.4 is 15.0 Å². The molecule has 0 aromatic heterocycles. The number of carbonyl (C=O) groups excluding carboxylic acids is 1. The molecule has 5 nitrogen and oxygen atoms in total. The number of carbonyl (C=O) groups is 1. The van der Waals surface area contributed by atoms with E-state index in [0.717, 1.165) is 31.9 Å². The van der Waals surface area contributed by atoms with Crippen LogP contribution in [0.4, 0.5) is 10.5 Å². The molecule has 2 aliphatic rings. The third-order valence-corrected chi connectivity index (χ3v) is 3.93. The summed E-state index contributed by atoms with van der Waals surface area (Å²) in [6, 6.07) is 5.48. The van der Waals surface area contributed by atoms with Gasteiger partial charge in [0.25, 0.3) is 0 Å². The highest BCUT2D eigenvalue weighted by Gasteiger charge is 2.32. The highest BCUT2D eigenvalue weighted by molar-refractivity contribution is 6.30. The van der Waals surface area contributed by atoms with Gasteiger partial charge >= 0.3 is 6.03 Å². The Kier molecular flexibility index (Phi) is 3.72. The van der Waals surface area contributed by atoms with Gasteiger partial charge in [0.1, 0.15) is 12.4 Å². The van der Waals surface area contributed by atoms with E-state index in [1.165, 1.54) is 0 Å². The van der Waals surface area contributed by atoms with E-state index < -0.39 is 0 Å². The third kappa shape index (κ3) is 2.43. The molecule has 108 valence electrons. The number of urea groups is 1. The molecule has 6 heteroatoms. The fourth-order valence-electron chi connectivity index (χ4n) is 2.62. The molecule has 0 saturated carbocycles. The van der Waals surface area contributed by atoms with E-state index in [1.807, 2.05) is 22.8 Å². The Labute approximate surface area is 123 Å². The molecule has 2 aliphatic heterocycles. The van der Waals surface area contributed by atoms with Crippen molar-refractivity contribution in [2.24, 2.45) is 0 Å². The fraction of sp³-hybridized carbons (Fsp3) is 0.500. The van der Waals surface area contributed by atoms with E-state index >= 15 is 0 Å². The summed E-state index contributed by atoms with van der Waals surface area (Å²) >= 11 is 5.99. The minimum atomic E-state index is 0.0195. The van der Waals surface area contributed by atoms with Crippen molar-refractivity contribution in [1.82, 2.24) is 10.2 Å². The van der Waals surface area contributed by atoms with Crippen LogP contribution in [0.2, 0.25) is 5.02 Å². The number of anilines is 1. The molecule has 1 N–H and O–H groups in total. The number of halogens is 1. The molecule has 2 heterocycles. The van der Waals surface area contributed by atoms with Gasteiger partial charge in [-0.2, -0.15) is 0 Å². The second-order valence-corrected chi connectivity index (χ2v) is 5.60. The van der Waals surface area contributed by atoms with Crippen LogP contribution in [0.15, 0.2) is 18.2 Å². The van der Waals surface area contributed by atoms with Gasteiger partial charge in [-0.25, -0.2) is 4.79 Å². The molecule has 2 amide bonds. The third-order valence-electron chi connectivity index (χ3n) is 3.70. The molecule has 20 heavy (non-hydrogen) atoms. The maximum Gasteiger partial charge on any atom is 0.325 e. The number of hydrogen-bond donors (Lipinski definition) is 1. The van der Waals surface area contributed by atoms with Crippen LogP contribution >= 0.6 is 11.6 Å². The molecular formula is C14H18ClN3O2. The number of fused-ring (bicyclic) bond motifs is 1. The first-order valence-electron chi connectivity index (χ1n) is 6.88. The molecule has 3 rings (SSSR count). The minimum absolute atomic E-state index is 0.0195. The first kappa shape index (κ1) is 13.5. The zero-order valence-electron chi connectivity index (χ0n) is 11.4. The highest BCUT2D eigenvalue weighted by Crippen LogP contribution is 2.36. The Morgan fingerprint density at radius 3 is 2.90 bits per heavy atom. The second kappa shape index (κ2) is 5.50. The van der Waals surface area contributed by atoms with Gasteiger partial charge in [0, 0.05) is 37.3 Å². The summed E-state index contributed by atoms with van der Waals surface area (Å²) in [6.45, 7) is 5.66. The monoisotopic (exact) mass is 295 g/mol. The summed E-state index contributed by atoms with van der Waals surface area (Å²) in [5, 5.41) is 3.87. The van der Waals surface area contributed by atoms with Crippen LogP contribution in [-0.2, 0) is 0 Å². The SMILES string of the molecule is CC1COc2cc(Cl)ccc2N1C(=O)N1CCNCC1. The smallest absolute Gasteiger partial charge is 0.325 e.